The molecule has 6 nitrogen and oxygen atoms in total. The molecule has 3 heterocycles. The first-order chi connectivity index (χ1) is 17.3. The Balaban J connectivity index is 1.59. The number of amides is 1. The van der Waals surface area contributed by atoms with Crippen LogP contribution in [0.3, 0.4) is 0 Å². The molecule has 1 fully saturated rings. The van der Waals surface area contributed by atoms with Gasteiger partial charge in [0.25, 0.3) is 0 Å². The van der Waals surface area contributed by atoms with Crippen LogP contribution in [0.2, 0.25) is 0 Å². The minimum atomic E-state index is -0.240. The molecule has 2 atom stereocenters. The third-order valence-electron chi connectivity index (χ3n) is 7.52. The number of hydrogen-bond acceptors (Lipinski definition) is 4. The highest BCUT2D eigenvalue weighted by Gasteiger charge is 2.30. The molecule has 1 aliphatic carbocycles. The molecule has 5 rings (SSSR count). The molecule has 186 valence electrons. The Kier molecular flexibility index (Phi) is 6.44. The maximum atomic E-state index is 13.0. The number of carbonyl (C=O) groups is 1. The van der Waals surface area contributed by atoms with E-state index in [2.05, 4.69) is 54.1 Å². The van der Waals surface area contributed by atoms with Gasteiger partial charge in [0.1, 0.15) is 11.7 Å². The van der Waals surface area contributed by atoms with Crippen molar-refractivity contribution in [2.75, 3.05) is 6.61 Å². The number of fused-ring (bicyclic) bond motifs is 2. The highest BCUT2D eigenvalue weighted by Crippen LogP contribution is 2.39. The van der Waals surface area contributed by atoms with Crippen molar-refractivity contribution in [2.45, 2.75) is 77.5 Å². The van der Waals surface area contributed by atoms with E-state index in [0.717, 1.165) is 60.1 Å². The normalized spacial score (nSPS) is 21.3. The maximum Gasteiger partial charge on any atom is 0.244 e. The van der Waals surface area contributed by atoms with Crippen LogP contribution in [0.25, 0.3) is 17.1 Å². The monoisotopic (exact) mass is 482 g/mol. The van der Waals surface area contributed by atoms with Crippen LogP contribution in [0.5, 0.6) is 0 Å². The van der Waals surface area contributed by atoms with Gasteiger partial charge in [-0.15, -0.1) is 0 Å². The van der Waals surface area contributed by atoms with E-state index in [4.69, 9.17) is 9.72 Å². The van der Waals surface area contributed by atoms with Crippen LogP contribution in [0, 0.1) is 25.2 Å². The molecule has 2 aliphatic rings. The molecule has 1 amide bonds. The van der Waals surface area contributed by atoms with Gasteiger partial charge in [-0.3, -0.25) is 4.79 Å². The summed E-state index contributed by atoms with van der Waals surface area (Å²) < 4.78 is 7.99. The van der Waals surface area contributed by atoms with E-state index in [9.17, 15) is 10.1 Å². The summed E-state index contributed by atoms with van der Waals surface area (Å²) in [4.78, 5) is 17.9. The van der Waals surface area contributed by atoms with Gasteiger partial charge >= 0.3 is 0 Å². The number of rotatable bonds is 4. The van der Waals surface area contributed by atoms with Crippen LogP contribution in [0.15, 0.2) is 36.4 Å². The highest BCUT2D eigenvalue weighted by atomic mass is 16.5. The fourth-order valence-electron chi connectivity index (χ4n) is 6.01. The summed E-state index contributed by atoms with van der Waals surface area (Å²) in [5.41, 5.74) is 6.46. The quantitative estimate of drug-likeness (QED) is 0.495. The third-order valence-corrected chi connectivity index (χ3v) is 7.52. The second-order valence-electron chi connectivity index (χ2n) is 10.8. The third kappa shape index (κ3) is 4.56. The largest absolute Gasteiger partial charge is 0.375 e. The first-order valence-electron chi connectivity index (χ1n) is 12.9. The van der Waals surface area contributed by atoms with E-state index >= 15 is 0 Å². The van der Waals surface area contributed by atoms with Crippen molar-refractivity contribution in [3.05, 3.63) is 70.0 Å². The number of nitrogens with zero attached hydrogens (tertiary/aromatic N) is 3. The van der Waals surface area contributed by atoms with E-state index < -0.39 is 0 Å². The molecule has 0 radical (unpaired) electrons. The summed E-state index contributed by atoms with van der Waals surface area (Å²) in [6.07, 6.45) is 8.04. The van der Waals surface area contributed by atoms with Gasteiger partial charge in [0.05, 0.1) is 22.9 Å². The van der Waals surface area contributed by atoms with Gasteiger partial charge in [0.15, 0.2) is 0 Å². The zero-order valence-corrected chi connectivity index (χ0v) is 21.6. The molecule has 1 N–H and O–H groups in total. The van der Waals surface area contributed by atoms with Crippen molar-refractivity contribution in [1.82, 2.24) is 14.9 Å². The van der Waals surface area contributed by atoms with Crippen LogP contribution in [0.1, 0.15) is 79.2 Å². The molecule has 0 spiro atoms. The maximum absolute atomic E-state index is 13.0. The number of ether oxygens (including phenoxy) is 1. The van der Waals surface area contributed by atoms with Crippen molar-refractivity contribution in [1.29, 1.82) is 5.26 Å². The second-order valence-corrected chi connectivity index (χ2v) is 10.8. The number of hydrogen-bond donors (Lipinski definition) is 1. The molecule has 3 aromatic rings. The van der Waals surface area contributed by atoms with Crippen molar-refractivity contribution in [2.24, 2.45) is 0 Å². The number of aryl methyl sites for hydroxylation is 3. The van der Waals surface area contributed by atoms with E-state index in [-0.39, 0.29) is 23.6 Å². The lowest BCUT2D eigenvalue weighted by Crippen LogP contribution is -2.45. The summed E-state index contributed by atoms with van der Waals surface area (Å²) in [7, 11) is 0. The van der Waals surface area contributed by atoms with Crippen molar-refractivity contribution >= 4 is 23.0 Å². The topological polar surface area (TPSA) is 79.9 Å². The van der Waals surface area contributed by atoms with E-state index in [0.29, 0.717) is 12.2 Å². The minimum absolute atomic E-state index is 0.0623. The van der Waals surface area contributed by atoms with Crippen LogP contribution in [-0.4, -0.2) is 33.7 Å². The van der Waals surface area contributed by atoms with Gasteiger partial charge in [-0.25, -0.2) is 4.98 Å². The summed E-state index contributed by atoms with van der Waals surface area (Å²) in [5.74, 6) is -0.150. The molecule has 1 aromatic carbocycles. The van der Waals surface area contributed by atoms with Crippen molar-refractivity contribution in [3.63, 3.8) is 0 Å². The van der Waals surface area contributed by atoms with Gasteiger partial charge in [-0.2, -0.15) is 5.26 Å². The Hall–Kier alpha value is -3.43. The summed E-state index contributed by atoms with van der Waals surface area (Å²) >= 11 is 0. The number of pyridine rings is 1. The van der Waals surface area contributed by atoms with Gasteiger partial charge < -0.3 is 14.6 Å². The molecule has 36 heavy (non-hydrogen) atoms. The summed E-state index contributed by atoms with van der Waals surface area (Å²) in [6.45, 7) is 8.77. The van der Waals surface area contributed by atoms with Gasteiger partial charge in [-0.1, -0.05) is 24.3 Å². The number of nitriles is 1. The Morgan fingerprint density at radius 3 is 2.86 bits per heavy atom. The molecule has 6 heteroatoms. The molecule has 0 saturated carbocycles. The number of aromatic nitrogens is 2. The fraction of sp³-hybridized carbons (Fsp3) is 0.433. The standard InChI is InChI=1S/C30H34N4O2/c1-19-16-20(2)32-29-28(19)24(18-31)26(12-13-27(35)33-22-14-15-36-30(3,4)17-22)34(29)25-11-7-9-21-8-5-6-10-23(21)25/h5-6,8,10,12-13,16,22,25H,7,9,11,14-15,17H2,1-4H3,(H,33,35)/t22-,25+/m0/s1. The molecule has 2 aromatic heterocycles. The molecule has 1 aliphatic heterocycles. The second kappa shape index (κ2) is 9.55. The summed E-state index contributed by atoms with van der Waals surface area (Å²) in [5, 5.41) is 14.3. The molecule has 1 saturated heterocycles. The fourth-order valence-corrected chi connectivity index (χ4v) is 6.01. The summed E-state index contributed by atoms with van der Waals surface area (Å²) in [6, 6.07) is 13.1. The first kappa shape index (κ1) is 24.3. The number of carbonyl (C=O) groups excluding carboxylic acids is 1. The van der Waals surface area contributed by atoms with Gasteiger partial charge in [-0.05, 0) is 88.6 Å². The zero-order chi connectivity index (χ0) is 25.4. The number of benzene rings is 1. The zero-order valence-electron chi connectivity index (χ0n) is 21.6. The Morgan fingerprint density at radius 1 is 1.28 bits per heavy atom. The van der Waals surface area contributed by atoms with Gasteiger partial charge in [0, 0.05) is 29.8 Å². The van der Waals surface area contributed by atoms with E-state index in [1.165, 1.54) is 11.1 Å². The van der Waals surface area contributed by atoms with Crippen LogP contribution in [0.4, 0.5) is 0 Å². The highest BCUT2D eigenvalue weighted by molar-refractivity contribution is 5.96. The van der Waals surface area contributed by atoms with Crippen molar-refractivity contribution in [3.8, 4) is 6.07 Å². The lowest BCUT2D eigenvalue weighted by molar-refractivity contribution is -0.119. The average Bonchev–Trinajstić information content (AvgIpc) is 3.15. The molecular formula is C30H34N4O2. The smallest absolute Gasteiger partial charge is 0.244 e. The predicted molar refractivity (Wildman–Crippen MR) is 142 cm³/mol. The predicted octanol–water partition coefficient (Wildman–Crippen LogP) is 5.54. The van der Waals surface area contributed by atoms with Crippen LogP contribution < -0.4 is 5.32 Å². The first-order valence-corrected chi connectivity index (χ1v) is 12.9. The van der Waals surface area contributed by atoms with E-state index in [1.807, 2.05) is 26.0 Å². The molecule has 0 unspecified atom stereocenters. The Morgan fingerprint density at radius 2 is 2.08 bits per heavy atom. The SMILES string of the molecule is Cc1cc(C)c2c(C#N)c(C=CC(=O)N[C@H]3CCOC(C)(C)C3)n([C@@H]3CCCc4ccccc43)c2n1. The number of nitrogens with one attached hydrogen (secondary N) is 1. The lowest BCUT2D eigenvalue weighted by atomic mass is 9.87. The van der Waals surface area contributed by atoms with Gasteiger partial charge in [0.2, 0.25) is 5.91 Å². The van der Waals surface area contributed by atoms with E-state index in [1.54, 1.807) is 6.08 Å². The molecule has 0 bridgehead atoms. The average molecular weight is 483 g/mol. The Labute approximate surface area is 213 Å². The van der Waals surface area contributed by atoms with Crippen LogP contribution >= 0.6 is 0 Å². The van der Waals surface area contributed by atoms with Crippen LogP contribution in [-0.2, 0) is 16.0 Å². The van der Waals surface area contributed by atoms with Crippen molar-refractivity contribution < 1.29 is 9.53 Å². The minimum Gasteiger partial charge on any atom is -0.375 e. The Bertz CT molecular complexity index is 1390. The lowest BCUT2D eigenvalue weighted by Gasteiger charge is -2.35. The molecular weight excluding hydrogens is 448 g/mol.